The number of carbonyl (C=O) groups excluding carboxylic acids is 3. The Kier molecular flexibility index (Phi) is 9.64. The van der Waals surface area contributed by atoms with Gasteiger partial charge in [-0.2, -0.15) is 0 Å². The van der Waals surface area contributed by atoms with E-state index in [4.69, 9.17) is 9.47 Å². The fraction of sp³-hybridized carbons (Fsp3) is 0.558. The van der Waals surface area contributed by atoms with Crippen molar-refractivity contribution in [3.05, 3.63) is 101 Å². The van der Waals surface area contributed by atoms with Crippen molar-refractivity contribution in [1.29, 1.82) is 0 Å². The first-order valence-electron chi connectivity index (χ1n) is 22.3. The third kappa shape index (κ3) is 5.78. The van der Waals surface area contributed by atoms with Crippen molar-refractivity contribution in [2.75, 3.05) is 13.7 Å². The number of amides is 1. The number of aldehydes is 1. The van der Waals surface area contributed by atoms with Gasteiger partial charge in [-0.15, -0.1) is 0 Å². The zero-order chi connectivity index (χ0) is 41.7. The van der Waals surface area contributed by atoms with Crippen molar-refractivity contribution in [3.63, 3.8) is 0 Å². The Labute approximate surface area is 350 Å². The molecule has 6 aliphatic rings. The fourth-order valence-corrected chi connectivity index (χ4v) is 15.5. The molecule has 0 aromatic heterocycles. The molecule has 10 atom stereocenters. The highest BCUT2D eigenvalue weighted by Gasteiger charge is 2.71. The number of fused-ring (bicyclic) bond motifs is 10. The van der Waals surface area contributed by atoms with E-state index in [1.165, 1.54) is 35.4 Å². The summed E-state index contributed by atoms with van der Waals surface area (Å²) < 4.78 is 26.3. The molecule has 6 nitrogen and oxygen atoms in total. The van der Waals surface area contributed by atoms with Crippen LogP contribution in [0, 0.1) is 63.0 Å². The van der Waals surface area contributed by atoms with Crippen LogP contribution in [0.1, 0.15) is 132 Å². The molecule has 9 rings (SSSR count). The van der Waals surface area contributed by atoms with Gasteiger partial charge in [-0.1, -0.05) is 102 Å². The van der Waals surface area contributed by atoms with Crippen LogP contribution in [-0.4, -0.2) is 37.6 Å². The number of alkyl carbamates (subject to hydrolysis) is 1. The maximum Gasteiger partial charge on any atom is 0.407 e. The molecule has 6 aliphatic carbocycles. The van der Waals surface area contributed by atoms with E-state index >= 15 is 4.39 Å². The van der Waals surface area contributed by atoms with Gasteiger partial charge in [0.1, 0.15) is 18.7 Å². The Morgan fingerprint density at radius 1 is 0.847 bits per heavy atom. The standard InChI is InChI=1S/C52H62FNO5/c1-31(29-55)33-20-25-52(54-47(57)59-30-39-36-14-10-8-12-34(36)35-13-9-11-15-37(35)39)27-26-50(5)41(45(33)52)18-19-44-49(4)23-21-40(48(2,3)43(49)22-24-51(44,50)6)32-16-17-38(42(53)28-32)46(56)58-7/h8-17,21,28-29,31,33,39,41,43-45H,18-20,22-27,30H2,1-7H3,(H,54,57)/t31?,33-,41+,43-,44+,45+,49-,50+,51+,52-/m0/s1. The van der Waals surface area contributed by atoms with Gasteiger partial charge in [0.25, 0.3) is 0 Å². The fourth-order valence-electron chi connectivity index (χ4n) is 15.5. The molecule has 0 spiro atoms. The van der Waals surface area contributed by atoms with E-state index in [2.05, 4.69) is 101 Å². The van der Waals surface area contributed by atoms with E-state index in [0.717, 1.165) is 75.2 Å². The molecule has 59 heavy (non-hydrogen) atoms. The van der Waals surface area contributed by atoms with Crippen LogP contribution < -0.4 is 5.32 Å². The van der Waals surface area contributed by atoms with Crippen LogP contribution in [0.3, 0.4) is 0 Å². The first-order valence-corrected chi connectivity index (χ1v) is 22.3. The molecule has 3 aromatic carbocycles. The van der Waals surface area contributed by atoms with Crippen molar-refractivity contribution >= 4 is 23.9 Å². The molecule has 4 fully saturated rings. The van der Waals surface area contributed by atoms with Crippen LogP contribution in [0.5, 0.6) is 0 Å². The number of ether oxygens (including phenoxy) is 2. The number of esters is 1. The highest BCUT2D eigenvalue weighted by molar-refractivity contribution is 5.90. The Balaban J connectivity index is 0.983. The Hall–Kier alpha value is -4.26. The van der Waals surface area contributed by atoms with E-state index in [-0.39, 0.29) is 63.6 Å². The van der Waals surface area contributed by atoms with Gasteiger partial charge >= 0.3 is 12.1 Å². The van der Waals surface area contributed by atoms with Crippen molar-refractivity contribution in [2.24, 2.45) is 57.2 Å². The number of halogens is 1. The summed E-state index contributed by atoms with van der Waals surface area (Å²) in [5.74, 6) is 0.398. The second-order valence-corrected chi connectivity index (χ2v) is 20.7. The molecule has 0 bridgehead atoms. The maximum absolute atomic E-state index is 15.3. The number of nitrogens with one attached hydrogen (secondary N) is 1. The van der Waals surface area contributed by atoms with E-state index in [9.17, 15) is 14.4 Å². The molecule has 0 saturated heterocycles. The zero-order valence-electron chi connectivity index (χ0n) is 36.0. The van der Waals surface area contributed by atoms with E-state index in [1.54, 1.807) is 6.07 Å². The number of benzene rings is 3. The predicted molar refractivity (Wildman–Crippen MR) is 229 cm³/mol. The Morgan fingerprint density at radius 2 is 1.54 bits per heavy atom. The number of hydrogen-bond donors (Lipinski definition) is 1. The first kappa shape index (κ1) is 40.2. The van der Waals surface area contributed by atoms with Gasteiger partial charge in [-0.3, -0.25) is 0 Å². The minimum atomic E-state index is -0.660. The molecule has 312 valence electrons. The molecular formula is C52H62FNO5. The predicted octanol–water partition coefficient (Wildman–Crippen LogP) is 11.8. The number of allylic oxidation sites excluding steroid dienone is 2. The molecule has 3 aromatic rings. The quantitative estimate of drug-likeness (QED) is 0.190. The normalized spacial score (nSPS) is 35.7. The summed E-state index contributed by atoms with van der Waals surface area (Å²) in [5, 5.41) is 3.57. The lowest BCUT2D eigenvalue weighted by Crippen LogP contribution is -2.68. The molecule has 7 heteroatoms. The van der Waals surface area contributed by atoms with E-state index in [1.807, 2.05) is 6.07 Å². The average Bonchev–Trinajstić information content (AvgIpc) is 3.75. The molecule has 1 N–H and O–H groups in total. The van der Waals surface area contributed by atoms with Crippen molar-refractivity contribution < 1.29 is 28.2 Å². The topological polar surface area (TPSA) is 81.7 Å². The Morgan fingerprint density at radius 3 is 2.20 bits per heavy atom. The van der Waals surface area contributed by atoms with Crippen LogP contribution >= 0.6 is 0 Å². The van der Waals surface area contributed by atoms with Gasteiger partial charge in [-0.05, 0) is 155 Å². The van der Waals surface area contributed by atoms with Gasteiger partial charge in [0, 0.05) is 17.4 Å². The van der Waals surface area contributed by atoms with Crippen LogP contribution in [0.15, 0.2) is 72.8 Å². The van der Waals surface area contributed by atoms with Crippen LogP contribution in [-0.2, 0) is 14.3 Å². The van der Waals surface area contributed by atoms with Gasteiger partial charge in [0.05, 0.1) is 12.7 Å². The lowest BCUT2D eigenvalue weighted by atomic mass is 9.33. The van der Waals surface area contributed by atoms with Gasteiger partial charge in [0.2, 0.25) is 0 Å². The summed E-state index contributed by atoms with van der Waals surface area (Å²) in [5.41, 5.74) is 6.37. The number of methoxy groups -OCH3 is 1. The van der Waals surface area contributed by atoms with Crippen molar-refractivity contribution in [2.45, 2.75) is 111 Å². The second-order valence-electron chi connectivity index (χ2n) is 20.7. The minimum Gasteiger partial charge on any atom is -0.465 e. The summed E-state index contributed by atoms with van der Waals surface area (Å²) in [6, 6.07) is 21.9. The minimum absolute atomic E-state index is 0.00167. The zero-order valence-corrected chi connectivity index (χ0v) is 36.0. The summed E-state index contributed by atoms with van der Waals surface area (Å²) in [4.78, 5) is 38.9. The number of hydrogen-bond acceptors (Lipinski definition) is 5. The third-order valence-corrected chi connectivity index (χ3v) is 18.3. The third-order valence-electron chi connectivity index (χ3n) is 18.3. The molecule has 0 aliphatic heterocycles. The summed E-state index contributed by atoms with van der Waals surface area (Å²) in [6.45, 7) is 14.8. The Bertz CT molecular complexity index is 2180. The lowest BCUT2D eigenvalue weighted by molar-refractivity contribution is -0.220. The molecular weight excluding hydrogens is 738 g/mol. The lowest BCUT2D eigenvalue weighted by Gasteiger charge is -2.72. The van der Waals surface area contributed by atoms with Gasteiger partial charge < -0.3 is 19.6 Å². The van der Waals surface area contributed by atoms with E-state index in [0.29, 0.717) is 17.8 Å². The van der Waals surface area contributed by atoms with Crippen LogP contribution in [0.2, 0.25) is 0 Å². The smallest absolute Gasteiger partial charge is 0.407 e. The molecule has 0 radical (unpaired) electrons. The van der Waals surface area contributed by atoms with Gasteiger partial charge in [-0.25, -0.2) is 14.0 Å². The van der Waals surface area contributed by atoms with Crippen molar-refractivity contribution in [1.82, 2.24) is 5.32 Å². The molecule has 0 heterocycles. The number of rotatable bonds is 7. The maximum atomic E-state index is 15.3. The summed E-state index contributed by atoms with van der Waals surface area (Å²) in [6.07, 6.45) is 12.3. The second kappa shape index (κ2) is 14.2. The van der Waals surface area contributed by atoms with Gasteiger partial charge in [0.15, 0.2) is 0 Å². The summed E-state index contributed by atoms with van der Waals surface area (Å²) in [7, 11) is 1.28. The molecule has 4 saturated carbocycles. The molecule has 1 unspecified atom stereocenters. The van der Waals surface area contributed by atoms with Crippen LogP contribution in [0.25, 0.3) is 16.7 Å². The van der Waals surface area contributed by atoms with E-state index < -0.39 is 17.3 Å². The largest absolute Gasteiger partial charge is 0.465 e. The highest BCUT2D eigenvalue weighted by Crippen LogP contribution is 2.76. The average molecular weight is 800 g/mol. The SMILES string of the molecule is COC(=O)c1ccc(C2=CC[C@]3(C)[C@H]4CC[C@@H]5[C@H]6[C@H](C(C)C=O)CC[C@]6(NC(=O)OCC6c7ccccc7-c7ccccc76)CC[C@@]5(C)[C@]4(C)CC[C@H]3C2(C)C)cc1F. The summed E-state index contributed by atoms with van der Waals surface area (Å²) >= 11 is 0. The van der Waals surface area contributed by atoms with Crippen LogP contribution in [0.4, 0.5) is 9.18 Å². The number of carbonyl (C=O) groups is 3. The van der Waals surface area contributed by atoms with Crippen molar-refractivity contribution in [3.8, 4) is 11.1 Å². The molecule has 1 amide bonds. The highest BCUT2D eigenvalue weighted by atomic mass is 19.1. The first-order chi connectivity index (χ1) is 28.1. The monoisotopic (exact) mass is 799 g/mol.